The van der Waals surface area contributed by atoms with Crippen molar-refractivity contribution < 1.29 is 9.18 Å². The first-order chi connectivity index (χ1) is 9.52. The van der Waals surface area contributed by atoms with Crippen LogP contribution in [0.25, 0.3) is 0 Å². The number of hydrogen-bond acceptors (Lipinski definition) is 2. The Morgan fingerprint density at radius 3 is 2.75 bits per heavy atom. The van der Waals surface area contributed by atoms with Crippen LogP contribution in [0, 0.1) is 24.1 Å². The third-order valence-corrected chi connectivity index (χ3v) is 3.27. The number of halogens is 2. The minimum absolute atomic E-state index is 0.122. The largest absolute Gasteiger partial charge is 0.322 e. The zero-order valence-electron chi connectivity index (χ0n) is 10.6. The van der Waals surface area contributed by atoms with E-state index in [0.717, 1.165) is 6.07 Å². The third kappa shape index (κ3) is 2.79. The Morgan fingerprint density at radius 2 is 2.10 bits per heavy atom. The van der Waals surface area contributed by atoms with Gasteiger partial charge >= 0.3 is 0 Å². The lowest BCUT2D eigenvalue weighted by molar-refractivity contribution is 0.102. The van der Waals surface area contributed by atoms with Crippen molar-refractivity contribution in [2.75, 3.05) is 5.32 Å². The Morgan fingerprint density at radius 1 is 1.35 bits per heavy atom. The van der Waals surface area contributed by atoms with E-state index in [1.54, 1.807) is 25.1 Å². The maximum atomic E-state index is 13.7. The van der Waals surface area contributed by atoms with Crippen LogP contribution in [0.2, 0.25) is 5.02 Å². The first-order valence-electron chi connectivity index (χ1n) is 5.79. The summed E-state index contributed by atoms with van der Waals surface area (Å²) in [5.74, 6) is -1.32. The fraction of sp³-hybridized carbons (Fsp3) is 0.0667. The van der Waals surface area contributed by atoms with E-state index in [1.165, 1.54) is 12.1 Å². The SMILES string of the molecule is Cc1c(Cl)cccc1NC(=O)c1ccc(C#N)cc1F. The molecule has 2 aromatic rings. The van der Waals surface area contributed by atoms with Gasteiger partial charge < -0.3 is 5.32 Å². The Labute approximate surface area is 120 Å². The maximum absolute atomic E-state index is 13.7. The van der Waals surface area contributed by atoms with Gasteiger partial charge in [0.15, 0.2) is 0 Å². The van der Waals surface area contributed by atoms with E-state index in [4.69, 9.17) is 16.9 Å². The van der Waals surface area contributed by atoms with Crippen molar-refractivity contribution >= 4 is 23.2 Å². The molecule has 2 rings (SSSR count). The second-order valence-electron chi connectivity index (χ2n) is 4.17. The van der Waals surface area contributed by atoms with E-state index in [0.29, 0.717) is 16.3 Å². The summed E-state index contributed by atoms with van der Waals surface area (Å²) >= 11 is 5.95. The van der Waals surface area contributed by atoms with E-state index < -0.39 is 11.7 Å². The average Bonchev–Trinajstić information content (AvgIpc) is 2.43. The molecule has 0 saturated carbocycles. The van der Waals surface area contributed by atoms with Crippen molar-refractivity contribution in [1.29, 1.82) is 5.26 Å². The van der Waals surface area contributed by atoms with Gasteiger partial charge in [0.05, 0.1) is 17.2 Å². The van der Waals surface area contributed by atoms with Gasteiger partial charge in [-0.1, -0.05) is 17.7 Å². The Balaban J connectivity index is 2.29. The van der Waals surface area contributed by atoms with Gasteiger partial charge in [0.1, 0.15) is 5.82 Å². The van der Waals surface area contributed by atoms with Gasteiger partial charge in [0, 0.05) is 10.7 Å². The number of carbonyl (C=O) groups is 1. The van der Waals surface area contributed by atoms with Gasteiger partial charge in [-0.05, 0) is 42.8 Å². The fourth-order valence-corrected chi connectivity index (χ4v) is 1.88. The second kappa shape index (κ2) is 5.72. The molecule has 0 aromatic heterocycles. The van der Waals surface area contributed by atoms with Crippen molar-refractivity contribution in [3.8, 4) is 6.07 Å². The number of anilines is 1. The number of nitriles is 1. The minimum atomic E-state index is -0.735. The lowest BCUT2D eigenvalue weighted by Crippen LogP contribution is -2.14. The lowest BCUT2D eigenvalue weighted by Gasteiger charge is -2.10. The summed E-state index contributed by atoms with van der Waals surface area (Å²) in [6, 6.07) is 10.6. The Hall–Kier alpha value is -2.38. The van der Waals surface area contributed by atoms with Crippen molar-refractivity contribution in [3.05, 3.63) is 63.9 Å². The highest BCUT2D eigenvalue weighted by Gasteiger charge is 2.14. The average molecular weight is 289 g/mol. The number of hydrogen-bond donors (Lipinski definition) is 1. The normalized spacial score (nSPS) is 9.90. The van der Waals surface area contributed by atoms with Gasteiger partial charge in [0.25, 0.3) is 5.91 Å². The van der Waals surface area contributed by atoms with Crippen LogP contribution in [0.4, 0.5) is 10.1 Å². The molecule has 0 atom stereocenters. The zero-order chi connectivity index (χ0) is 14.7. The predicted octanol–water partition coefficient (Wildman–Crippen LogP) is 3.91. The Bertz CT molecular complexity index is 722. The third-order valence-electron chi connectivity index (χ3n) is 2.86. The van der Waals surface area contributed by atoms with Crippen molar-refractivity contribution in [3.63, 3.8) is 0 Å². The lowest BCUT2D eigenvalue weighted by atomic mass is 10.1. The van der Waals surface area contributed by atoms with Gasteiger partial charge in [-0.15, -0.1) is 0 Å². The number of nitrogens with one attached hydrogen (secondary N) is 1. The number of nitrogens with zero attached hydrogens (tertiary/aromatic N) is 1. The molecule has 20 heavy (non-hydrogen) atoms. The molecule has 0 heterocycles. The van der Waals surface area contributed by atoms with E-state index >= 15 is 0 Å². The molecule has 0 unspecified atom stereocenters. The highest BCUT2D eigenvalue weighted by atomic mass is 35.5. The molecule has 0 aliphatic rings. The van der Waals surface area contributed by atoms with Crippen LogP contribution in [0.1, 0.15) is 21.5 Å². The van der Waals surface area contributed by atoms with E-state index in [2.05, 4.69) is 5.32 Å². The minimum Gasteiger partial charge on any atom is -0.322 e. The summed E-state index contributed by atoms with van der Waals surface area (Å²) in [5.41, 5.74) is 1.27. The van der Waals surface area contributed by atoms with Gasteiger partial charge in [-0.2, -0.15) is 5.26 Å². The molecule has 0 spiro atoms. The summed E-state index contributed by atoms with van der Waals surface area (Å²) in [6.07, 6.45) is 0. The van der Waals surface area contributed by atoms with E-state index in [9.17, 15) is 9.18 Å². The second-order valence-corrected chi connectivity index (χ2v) is 4.58. The molecule has 1 N–H and O–H groups in total. The van der Waals surface area contributed by atoms with Crippen molar-refractivity contribution in [2.45, 2.75) is 6.92 Å². The molecule has 1 amide bonds. The van der Waals surface area contributed by atoms with Crippen LogP contribution in [-0.4, -0.2) is 5.91 Å². The summed E-state index contributed by atoms with van der Waals surface area (Å²) in [7, 11) is 0. The molecular formula is C15H10ClFN2O. The quantitative estimate of drug-likeness (QED) is 0.911. The van der Waals surface area contributed by atoms with Crippen molar-refractivity contribution in [2.24, 2.45) is 0 Å². The molecule has 0 bridgehead atoms. The fourth-order valence-electron chi connectivity index (χ4n) is 1.70. The molecule has 0 radical (unpaired) electrons. The van der Waals surface area contributed by atoms with E-state index in [1.807, 2.05) is 6.07 Å². The maximum Gasteiger partial charge on any atom is 0.258 e. The monoisotopic (exact) mass is 288 g/mol. The molecular weight excluding hydrogens is 279 g/mol. The molecule has 2 aromatic carbocycles. The topological polar surface area (TPSA) is 52.9 Å². The highest BCUT2D eigenvalue weighted by Crippen LogP contribution is 2.23. The van der Waals surface area contributed by atoms with Crippen LogP contribution in [-0.2, 0) is 0 Å². The van der Waals surface area contributed by atoms with E-state index in [-0.39, 0.29) is 11.1 Å². The molecule has 5 heteroatoms. The van der Waals surface area contributed by atoms with Crippen LogP contribution < -0.4 is 5.32 Å². The molecule has 0 aliphatic carbocycles. The van der Waals surface area contributed by atoms with Crippen LogP contribution >= 0.6 is 11.6 Å². The smallest absolute Gasteiger partial charge is 0.258 e. The first-order valence-corrected chi connectivity index (χ1v) is 6.17. The van der Waals surface area contributed by atoms with Crippen molar-refractivity contribution in [1.82, 2.24) is 0 Å². The number of rotatable bonds is 2. The molecule has 0 fully saturated rings. The molecule has 0 saturated heterocycles. The Kier molecular flexibility index (Phi) is 4.02. The molecule has 100 valence electrons. The number of amides is 1. The standard InChI is InChI=1S/C15H10ClFN2O/c1-9-12(16)3-2-4-14(9)19-15(20)11-6-5-10(8-18)7-13(11)17/h2-7H,1H3,(H,19,20). The summed E-state index contributed by atoms with van der Waals surface area (Å²) < 4.78 is 13.7. The van der Waals surface area contributed by atoms with Gasteiger partial charge in [0.2, 0.25) is 0 Å². The van der Waals surface area contributed by atoms with Gasteiger partial charge in [-0.25, -0.2) is 4.39 Å². The highest BCUT2D eigenvalue weighted by molar-refractivity contribution is 6.31. The van der Waals surface area contributed by atoms with Crippen LogP contribution in [0.5, 0.6) is 0 Å². The summed E-state index contributed by atoms with van der Waals surface area (Å²) in [4.78, 5) is 12.0. The molecule has 0 aliphatic heterocycles. The van der Waals surface area contributed by atoms with Crippen LogP contribution in [0.15, 0.2) is 36.4 Å². The van der Waals surface area contributed by atoms with Gasteiger partial charge in [-0.3, -0.25) is 4.79 Å². The molecule has 3 nitrogen and oxygen atoms in total. The first kappa shape index (κ1) is 14.0. The summed E-state index contributed by atoms with van der Waals surface area (Å²) in [5, 5.41) is 11.8. The number of carbonyl (C=O) groups excluding carboxylic acids is 1. The summed E-state index contributed by atoms with van der Waals surface area (Å²) in [6.45, 7) is 1.76. The van der Waals surface area contributed by atoms with Crippen LogP contribution in [0.3, 0.4) is 0 Å². The number of benzene rings is 2. The predicted molar refractivity (Wildman–Crippen MR) is 75.3 cm³/mol. The zero-order valence-corrected chi connectivity index (χ0v) is 11.3.